The van der Waals surface area contributed by atoms with Crippen LogP contribution in [-0.2, 0) is 6.42 Å². The van der Waals surface area contributed by atoms with Crippen molar-refractivity contribution in [2.24, 2.45) is 5.73 Å². The average Bonchev–Trinajstić information content (AvgIpc) is 2.59. The highest BCUT2D eigenvalue weighted by Gasteiger charge is 2.09. The van der Waals surface area contributed by atoms with Crippen molar-refractivity contribution in [3.8, 4) is 0 Å². The summed E-state index contributed by atoms with van der Waals surface area (Å²) in [5, 5.41) is 10.2. The lowest BCUT2D eigenvalue weighted by Crippen LogP contribution is -2.21. The molecule has 6 heteroatoms. The van der Waals surface area contributed by atoms with E-state index in [-0.39, 0.29) is 6.54 Å². The molecule has 0 fully saturated rings. The molecule has 74 valence electrons. The number of aliphatic hydroxyl groups excluding tert-OH is 1. The van der Waals surface area contributed by atoms with Crippen molar-refractivity contribution in [1.29, 1.82) is 0 Å². The van der Waals surface area contributed by atoms with Crippen LogP contribution >= 0.6 is 11.3 Å². The van der Waals surface area contributed by atoms with Crippen LogP contribution in [0.4, 0.5) is 0 Å². The van der Waals surface area contributed by atoms with E-state index in [1.807, 2.05) is 0 Å². The first-order valence-electron chi connectivity index (χ1n) is 4.24. The zero-order valence-corrected chi connectivity index (χ0v) is 8.24. The Morgan fingerprint density at radius 2 is 2.21 bits per heavy atom. The van der Waals surface area contributed by atoms with Crippen molar-refractivity contribution in [1.82, 2.24) is 15.0 Å². The molecule has 5 nitrogen and oxygen atoms in total. The highest BCUT2D eigenvalue weighted by Crippen LogP contribution is 2.18. The molecule has 0 saturated carbocycles. The van der Waals surface area contributed by atoms with E-state index in [0.29, 0.717) is 12.1 Å². The monoisotopic (exact) mass is 210 g/mol. The zero-order chi connectivity index (χ0) is 9.97. The molecule has 0 amide bonds. The lowest BCUT2D eigenvalue weighted by Gasteiger charge is -2.02. The third-order valence-electron chi connectivity index (χ3n) is 1.77. The summed E-state index contributed by atoms with van der Waals surface area (Å²) in [7, 11) is 0. The normalized spacial score (nSPS) is 13.3. The van der Waals surface area contributed by atoms with Gasteiger partial charge >= 0.3 is 0 Å². The van der Waals surface area contributed by atoms with Crippen LogP contribution in [0.15, 0.2) is 12.4 Å². The summed E-state index contributed by atoms with van der Waals surface area (Å²) in [4.78, 5) is 13.2. The van der Waals surface area contributed by atoms with Gasteiger partial charge in [0, 0.05) is 25.4 Å². The molecule has 2 heterocycles. The third-order valence-corrected chi connectivity index (χ3v) is 2.75. The fourth-order valence-electron chi connectivity index (χ4n) is 1.09. The van der Waals surface area contributed by atoms with Gasteiger partial charge in [0.1, 0.15) is 0 Å². The molecular weight excluding hydrogens is 200 g/mol. The first kappa shape index (κ1) is 9.45. The minimum absolute atomic E-state index is 0.247. The van der Waals surface area contributed by atoms with Gasteiger partial charge in [-0.1, -0.05) is 11.3 Å². The largest absolute Gasteiger partial charge is 0.391 e. The number of nitrogens with two attached hydrogens (primary N) is 1. The van der Waals surface area contributed by atoms with E-state index in [2.05, 4.69) is 15.0 Å². The van der Waals surface area contributed by atoms with Crippen LogP contribution in [0.25, 0.3) is 10.5 Å². The summed E-state index contributed by atoms with van der Waals surface area (Å²) in [6.07, 6.45) is 3.17. The molecule has 0 radical (unpaired) electrons. The first-order valence-corrected chi connectivity index (χ1v) is 5.06. The molecule has 0 aliphatic heterocycles. The highest BCUT2D eigenvalue weighted by atomic mass is 32.1. The Kier molecular flexibility index (Phi) is 2.67. The van der Waals surface area contributed by atoms with Crippen LogP contribution in [0.5, 0.6) is 0 Å². The van der Waals surface area contributed by atoms with Crippen molar-refractivity contribution >= 4 is 21.8 Å². The Hall–Kier alpha value is -1.11. The van der Waals surface area contributed by atoms with Crippen molar-refractivity contribution in [3.05, 3.63) is 17.4 Å². The van der Waals surface area contributed by atoms with Gasteiger partial charge in [-0.3, -0.25) is 0 Å². The molecule has 0 spiro atoms. The molecule has 2 rings (SSSR count). The van der Waals surface area contributed by atoms with E-state index in [4.69, 9.17) is 5.73 Å². The Labute approximate surface area is 84.6 Å². The number of hydrogen-bond acceptors (Lipinski definition) is 6. The van der Waals surface area contributed by atoms with Crippen molar-refractivity contribution in [2.75, 3.05) is 6.54 Å². The second kappa shape index (κ2) is 3.95. The van der Waals surface area contributed by atoms with Crippen LogP contribution in [0.3, 0.4) is 0 Å². The van der Waals surface area contributed by atoms with E-state index in [9.17, 15) is 5.11 Å². The van der Waals surface area contributed by atoms with Gasteiger partial charge in [0.2, 0.25) is 0 Å². The second-order valence-corrected chi connectivity index (χ2v) is 3.95. The van der Waals surface area contributed by atoms with E-state index < -0.39 is 6.10 Å². The number of aromatic nitrogens is 3. The van der Waals surface area contributed by atoms with Crippen LogP contribution in [-0.4, -0.2) is 32.7 Å². The maximum atomic E-state index is 9.34. The second-order valence-electron chi connectivity index (χ2n) is 2.89. The third kappa shape index (κ3) is 1.87. The molecule has 2 aromatic heterocycles. The maximum absolute atomic E-state index is 9.34. The number of aliphatic hydroxyl groups is 1. The standard InChI is InChI=1S/C8H10N4OS/c9-4-5(13)3-6-12-7-8(14-6)11-2-1-10-7/h1-2,5,13H,3-4,9H2. The van der Waals surface area contributed by atoms with Gasteiger partial charge in [-0.15, -0.1) is 0 Å². The minimum atomic E-state index is -0.532. The molecule has 3 N–H and O–H groups in total. The Balaban J connectivity index is 2.27. The lowest BCUT2D eigenvalue weighted by molar-refractivity contribution is 0.183. The van der Waals surface area contributed by atoms with Gasteiger partial charge in [0.25, 0.3) is 0 Å². The Morgan fingerprint density at radius 1 is 1.43 bits per heavy atom. The van der Waals surface area contributed by atoms with Gasteiger partial charge in [0.15, 0.2) is 10.5 Å². The van der Waals surface area contributed by atoms with E-state index in [1.54, 1.807) is 12.4 Å². The average molecular weight is 210 g/mol. The Bertz CT molecular complexity index is 397. The molecule has 0 saturated heterocycles. The summed E-state index contributed by atoms with van der Waals surface area (Å²) in [6, 6.07) is 0. The van der Waals surface area contributed by atoms with Gasteiger partial charge in [-0.25, -0.2) is 15.0 Å². The lowest BCUT2D eigenvalue weighted by atomic mass is 10.3. The highest BCUT2D eigenvalue weighted by molar-refractivity contribution is 7.18. The fourth-order valence-corrected chi connectivity index (χ4v) is 2.03. The summed E-state index contributed by atoms with van der Waals surface area (Å²) in [5.41, 5.74) is 5.95. The number of nitrogens with zero attached hydrogens (tertiary/aromatic N) is 3. The smallest absolute Gasteiger partial charge is 0.189 e. The van der Waals surface area contributed by atoms with Crippen molar-refractivity contribution in [3.63, 3.8) is 0 Å². The van der Waals surface area contributed by atoms with Gasteiger partial charge < -0.3 is 10.8 Å². The molecule has 1 atom stereocenters. The van der Waals surface area contributed by atoms with Gasteiger partial charge in [0.05, 0.1) is 11.1 Å². The van der Waals surface area contributed by atoms with Crippen molar-refractivity contribution in [2.45, 2.75) is 12.5 Å². The Morgan fingerprint density at radius 3 is 2.93 bits per heavy atom. The van der Waals surface area contributed by atoms with Gasteiger partial charge in [-0.2, -0.15) is 0 Å². The SMILES string of the molecule is NCC(O)Cc1nc2nccnc2s1. The quantitative estimate of drug-likeness (QED) is 0.741. The van der Waals surface area contributed by atoms with E-state index in [0.717, 1.165) is 9.84 Å². The summed E-state index contributed by atoms with van der Waals surface area (Å²) in [5.74, 6) is 0. The molecule has 0 aliphatic rings. The number of thiazole rings is 1. The topological polar surface area (TPSA) is 84.9 Å². The summed E-state index contributed by atoms with van der Waals surface area (Å²) >= 11 is 1.44. The molecule has 0 bridgehead atoms. The van der Waals surface area contributed by atoms with Crippen LogP contribution < -0.4 is 5.73 Å². The van der Waals surface area contributed by atoms with Crippen LogP contribution in [0.1, 0.15) is 5.01 Å². The molecular formula is C8H10N4OS. The zero-order valence-electron chi connectivity index (χ0n) is 7.42. The number of fused-ring (bicyclic) bond motifs is 1. The van der Waals surface area contributed by atoms with Crippen LogP contribution in [0.2, 0.25) is 0 Å². The summed E-state index contributed by atoms with van der Waals surface area (Å²) in [6.45, 7) is 0.247. The maximum Gasteiger partial charge on any atom is 0.189 e. The predicted octanol–water partition coefficient (Wildman–Crippen LogP) is -0.0516. The molecule has 14 heavy (non-hydrogen) atoms. The minimum Gasteiger partial charge on any atom is -0.391 e. The van der Waals surface area contributed by atoms with Crippen molar-refractivity contribution < 1.29 is 5.11 Å². The first-order chi connectivity index (χ1) is 6.79. The number of hydrogen-bond donors (Lipinski definition) is 2. The fraction of sp³-hybridized carbons (Fsp3) is 0.375. The molecule has 2 aromatic rings. The van der Waals surface area contributed by atoms with E-state index in [1.165, 1.54) is 11.3 Å². The molecule has 0 aliphatic carbocycles. The summed E-state index contributed by atoms with van der Waals surface area (Å²) < 4.78 is 0. The number of rotatable bonds is 3. The van der Waals surface area contributed by atoms with E-state index >= 15 is 0 Å². The van der Waals surface area contributed by atoms with Crippen LogP contribution in [0, 0.1) is 0 Å². The molecule has 1 unspecified atom stereocenters. The molecule has 0 aromatic carbocycles. The predicted molar refractivity (Wildman–Crippen MR) is 54.0 cm³/mol. The van der Waals surface area contributed by atoms with Gasteiger partial charge in [-0.05, 0) is 0 Å².